The number of ether oxygens (including phenoxy) is 1. The standard InChI is InChI=1S/C13H8BrF3O/c14-9-2-1-8(13(17)3-9)7-18-12-5-10(15)4-11(16)6-12/h1-6H,7H2. The van der Waals surface area contributed by atoms with Gasteiger partial charge in [-0.2, -0.15) is 0 Å². The Bertz CT molecular complexity index is 552. The van der Waals surface area contributed by atoms with Crippen molar-refractivity contribution < 1.29 is 17.9 Å². The Balaban J connectivity index is 2.11. The summed E-state index contributed by atoms with van der Waals surface area (Å²) in [6.45, 7) is -0.0952. The number of hydrogen-bond acceptors (Lipinski definition) is 1. The summed E-state index contributed by atoms with van der Waals surface area (Å²) in [5.74, 6) is -1.89. The van der Waals surface area contributed by atoms with E-state index in [-0.39, 0.29) is 12.4 Å². The van der Waals surface area contributed by atoms with Crippen molar-refractivity contribution in [2.75, 3.05) is 0 Å². The average molecular weight is 317 g/mol. The van der Waals surface area contributed by atoms with Gasteiger partial charge in [0.25, 0.3) is 0 Å². The molecule has 0 aliphatic rings. The van der Waals surface area contributed by atoms with Crippen molar-refractivity contribution in [3.63, 3.8) is 0 Å². The van der Waals surface area contributed by atoms with Crippen molar-refractivity contribution in [3.05, 3.63) is 63.9 Å². The highest BCUT2D eigenvalue weighted by Gasteiger charge is 2.05. The van der Waals surface area contributed by atoms with Crippen LogP contribution in [0.25, 0.3) is 0 Å². The Morgan fingerprint density at radius 1 is 0.944 bits per heavy atom. The van der Waals surface area contributed by atoms with E-state index in [2.05, 4.69) is 15.9 Å². The van der Waals surface area contributed by atoms with Crippen molar-refractivity contribution in [1.29, 1.82) is 0 Å². The van der Waals surface area contributed by atoms with Gasteiger partial charge in [0.2, 0.25) is 0 Å². The SMILES string of the molecule is Fc1cc(F)cc(OCc2ccc(Br)cc2F)c1. The molecule has 5 heteroatoms. The molecule has 0 bridgehead atoms. The molecule has 18 heavy (non-hydrogen) atoms. The lowest BCUT2D eigenvalue weighted by Gasteiger charge is -2.07. The summed E-state index contributed by atoms with van der Waals surface area (Å²) in [4.78, 5) is 0. The molecule has 0 atom stereocenters. The minimum absolute atomic E-state index is 0.0230. The number of benzene rings is 2. The third-order valence-corrected chi connectivity index (χ3v) is 2.74. The second-order valence-corrected chi connectivity index (χ2v) is 4.55. The molecule has 2 aromatic carbocycles. The summed E-state index contributed by atoms with van der Waals surface area (Å²) < 4.78 is 45.0. The minimum Gasteiger partial charge on any atom is -0.489 e. The molecule has 0 saturated heterocycles. The first-order valence-corrected chi connectivity index (χ1v) is 5.87. The molecular weight excluding hydrogens is 309 g/mol. The molecule has 0 aliphatic carbocycles. The molecule has 2 rings (SSSR count). The third-order valence-electron chi connectivity index (χ3n) is 2.25. The maximum Gasteiger partial charge on any atom is 0.130 e. The van der Waals surface area contributed by atoms with Gasteiger partial charge in [-0.25, -0.2) is 13.2 Å². The molecule has 94 valence electrons. The fraction of sp³-hybridized carbons (Fsp3) is 0.0769. The maximum atomic E-state index is 13.5. The van der Waals surface area contributed by atoms with Crippen molar-refractivity contribution in [2.45, 2.75) is 6.61 Å². The van der Waals surface area contributed by atoms with Crippen LogP contribution in [0.2, 0.25) is 0 Å². The zero-order valence-electron chi connectivity index (χ0n) is 9.09. The van der Waals surface area contributed by atoms with Crippen LogP contribution in [0.4, 0.5) is 13.2 Å². The molecule has 0 amide bonds. The smallest absolute Gasteiger partial charge is 0.130 e. The fourth-order valence-corrected chi connectivity index (χ4v) is 1.74. The van der Waals surface area contributed by atoms with E-state index in [0.29, 0.717) is 10.0 Å². The first kappa shape index (κ1) is 13.0. The van der Waals surface area contributed by atoms with Gasteiger partial charge in [-0.15, -0.1) is 0 Å². The van der Waals surface area contributed by atoms with Gasteiger partial charge >= 0.3 is 0 Å². The van der Waals surface area contributed by atoms with Gasteiger partial charge in [0.1, 0.15) is 29.8 Å². The fourth-order valence-electron chi connectivity index (χ4n) is 1.41. The van der Waals surface area contributed by atoms with E-state index in [1.165, 1.54) is 12.1 Å². The Kier molecular flexibility index (Phi) is 3.91. The Morgan fingerprint density at radius 3 is 2.22 bits per heavy atom. The van der Waals surface area contributed by atoms with Crippen LogP contribution >= 0.6 is 15.9 Å². The normalized spacial score (nSPS) is 10.4. The molecular formula is C13H8BrF3O. The van der Waals surface area contributed by atoms with Crippen LogP contribution in [0.3, 0.4) is 0 Å². The highest BCUT2D eigenvalue weighted by atomic mass is 79.9. The summed E-state index contributed by atoms with van der Waals surface area (Å²) >= 11 is 3.13. The van der Waals surface area contributed by atoms with Crippen LogP contribution in [-0.4, -0.2) is 0 Å². The van der Waals surface area contributed by atoms with Crippen molar-refractivity contribution in [2.24, 2.45) is 0 Å². The van der Waals surface area contributed by atoms with Crippen LogP contribution < -0.4 is 4.74 Å². The topological polar surface area (TPSA) is 9.23 Å². The van der Waals surface area contributed by atoms with Gasteiger partial charge in [-0.05, 0) is 12.1 Å². The predicted octanol–water partition coefficient (Wildman–Crippen LogP) is 4.45. The largest absolute Gasteiger partial charge is 0.489 e. The van der Waals surface area contributed by atoms with E-state index < -0.39 is 17.5 Å². The molecule has 0 aromatic heterocycles. The number of hydrogen-bond donors (Lipinski definition) is 0. The van der Waals surface area contributed by atoms with Crippen LogP contribution in [0.1, 0.15) is 5.56 Å². The van der Waals surface area contributed by atoms with E-state index in [4.69, 9.17) is 4.74 Å². The third kappa shape index (κ3) is 3.26. The number of halogens is 4. The summed E-state index contributed by atoms with van der Waals surface area (Å²) in [5.41, 5.74) is 0.308. The molecule has 0 saturated carbocycles. The van der Waals surface area contributed by atoms with Crippen LogP contribution in [-0.2, 0) is 6.61 Å². The molecule has 1 nitrogen and oxygen atoms in total. The average Bonchev–Trinajstić information content (AvgIpc) is 2.26. The lowest BCUT2D eigenvalue weighted by Crippen LogP contribution is -1.99. The Morgan fingerprint density at radius 2 is 1.61 bits per heavy atom. The van der Waals surface area contributed by atoms with E-state index in [1.54, 1.807) is 6.07 Å². The monoisotopic (exact) mass is 316 g/mol. The molecule has 0 radical (unpaired) electrons. The van der Waals surface area contributed by atoms with Crippen molar-refractivity contribution in [3.8, 4) is 5.75 Å². The zero-order valence-corrected chi connectivity index (χ0v) is 10.7. The molecule has 0 aliphatic heterocycles. The van der Waals surface area contributed by atoms with E-state index in [0.717, 1.165) is 18.2 Å². The van der Waals surface area contributed by atoms with Gasteiger partial charge < -0.3 is 4.74 Å². The molecule has 0 spiro atoms. The van der Waals surface area contributed by atoms with Crippen molar-refractivity contribution >= 4 is 15.9 Å². The minimum atomic E-state index is -0.735. The second kappa shape index (κ2) is 5.44. The molecule has 0 fully saturated rings. The highest BCUT2D eigenvalue weighted by Crippen LogP contribution is 2.19. The maximum absolute atomic E-state index is 13.5. The number of rotatable bonds is 3. The van der Waals surface area contributed by atoms with Crippen LogP contribution in [0, 0.1) is 17.5 Å². The lowest BCUT2D eigenvalue weighted by atomic mass is 10.2. The zero-order chi connectivity index (χ0) is 13.1. The van der Waals surface area contributed by atoms with Gasteiger partial charge in [0.15, 0.2) is 0 Å². The predicted molar refractivity (Wildman–Crippen MR) is 64.8 cm³/mol. The van der Waals surface area contributed by atoms with E-state index >= 15 is 0 Å². The summed E-state index contributed by atoms with van der Waals surface area (Å²) in [7, 11) is 0. The lowest BCUT2D eigenvalue weighted by molar-refractivity contribution is 0.296. The molecule has 0 N–H and O–H groups in total. The van der Waals surface area contributed by atoms with E-state index in [1.807, 2.05) is 0 Å². The first-order valence-electron chi connectivity index (χ1n) is 5.07. The van der Waals surface area contributed by atoms with Gasteiger partial charge in [-0.1, -0.05) is 22.0 Å². The van der Waals surface area contributed by atoms with E-state index in [9.17, 15) is 13.2 Å². The summed E-state index contributed by atoms with van der Waals surface area (Å²) in [5, 5.41) is 0. The highest BCUT2D eigenvalue weighted by molar-refractivity contribution is 9.10. The summed E-state index contributed by atoms with van der Waals surface area (Å²) in [6, 6.07) is 7.32. The van der Waals surface area contributed by atoms with Crippen LogP contribution in [0.5, 0.6) is 5.75 Å². The second-order valence-electron chi connectivity index (χ2n) is 3.63. The van der Waals surface area contributed by atoms with Gasteiger partial charge in [-0.3, -0.25) is 0 Å². The molecule has 0 heterocycles. The van der Waals surface area contributed by atoms with Crippen LogP contribution in [0.15, 0.2) is 40.9 Å². The molecule has 0 unspecified atom stereocenters. The van der Waals surface area contributed by atoms with Gasteiger partial charge in [0.05, 0.1) is 0 Å². The first-order chi connectivity index (χ1) is 8.54. The molecule has 2 aromatic rings. The Hall–Kier alpha value is -1.49. The Labute approximate surface area is 110 Å². The quantitative estimate of drug-likeness (QED) is 0.813. The van der Waals surface area contributed by atoms with Crippen molar-refractivity contribution in [1.82, 2.24) is 0 Å². The summed E-state index contributed by atoms with van der Waals surface area (Å²) in [6.07, 6.45) is 0. The van der Waals surface area contributed by atoms with Gasteiger partial charge in [0, 0.05) is 28.2 Å².